The molecule has 0 N–H and O–H groups in total. The van der Waals surface area contributed by atoms with Crippen molar-refractivity contribution in [3.63, 3.8) is 0 Å². The Bertz CT molecular complexity index is 784. The van der Waals surface area contributed by atoms with Crippen LogP contribution in [0.2, 0.25) is 0 Å². The van der Waals surface area contributed by atoms with Crippen LogP contribution in [0, 0.1) is 6.92 Å². The van der Waals surface area contributed by atoms with Gasteiger partial charge in [0.25, 0.3) is 0 Å². The lowest BCUT2D eigenvalue weighted by Crippen LogP contribution is -2.07. The van der Waals surface area contributed by atoms with Crippen LogP contribution in [0.25, 0.3) is 0 Å². The molecule has 0 spiro atoms. The summed E-state index contributed by atoms with van der Waals surface area (Å²) in [7, 11) is 6.34. The lowest BCUT2D eigenvalue weighted by molar-refractivity contribution is -0.144. The van der Waals surface area contributed by atoms with Crippen LogP contribution in [0.4, 0.5) is 0 Å². The van der Waals surface area contributed by atoms with Gasteiger partial charge in [0.05, 0.1) is 28.4 Å². The smallest absolute Gasteiger partial charge is 0.306 e. The molecule has 0 bridgehead atoms. The second-order valence-corrected chi connectivity index (χ2v) is 5.98. The summed E-state index contributed by atoms with van der Waals surface area (Å²) in [4.78, 5) is 12.1. The van der Waals surface area contributed by atoms with Crippen molar-refractivity contribution in [1.29, 1.82) is 0 Å². The van der Waals surface area contributed by atoms with E-state index in [2.05, 4.69) is 0 Å². The van der Waals surface area contributed by atoms with Gasteiger partial charge < -0.3 is 23.7 Å². The average molecular weight is 374 g/mol. The van der Waals surface area contributed by atoms with Crippen molar-refractivity contribution in [3.8, 4) is 23.0 Å². The molecule has 0 aliphatic rings. The quantitative estimate of drug-likeness (QED) is 0.624. The number of carbonyl (C=O) groups excluding carboxylic acids is 1. The van der Waals surface area contributed by atoms with Crippen LogP contribution >= 0.6 is 0 Å². The number of hydrogen-bond acceptors (Lipinski definition) is 6. The fourth-order valence-electron chi connectivity index (χ4n) is 2.69. The minimum atomic E-state index is -0.265. The predicted molar refractivity (Wildman–Crippen MR) is 102 cm³/mol. The van der Waals surface area contributed by atoms with Gasteiger partial charge in [-0.2, -0.15) is 0 Å². The zero-order valence-electron chi connectivity index (χ0n) is 16.5. The van der Waals surface area contributed by atoms with Gasteiger partial charge in [0.2, 0.25) is 0 Å². The van der Waals surface area contributed by atoms with Crippen molar-refractivity contribution >= 4 is 5.97 Å². The van der Waals surface area contributed by atoms with Crippen LogP contribution in [0.1, 0.15) is 23.1 Å². The van der Waals surface area contributed by atoms with E-state index in [-0.39, 0.29) is 19.0 Å². The summed E-state index contributed by atoms with van der Waals surface area (Å²) >= 11 is 0. The third kappa shape index (κ3) is 5.29. The van der Waals surface area contributed by atoms with Crippen molar-refractivity contribution in [2.24, 2.45) is 0 Å². The van der Waals surface area contributed by atoms with E-state index in [0.717, 1.165) is 16.7 Å². The van der Waals surface area contributed by atoms with Gasteiger partial charge in [-0.3, -0.25) is 4.79 Å². The summed E-state index contributed by atoms with van der Waals surface area (Å²) < 4.78 is 26.5. The van der Waals surface area contributed by atoms with Crippen LogP contribution in [0.15, 0.2) is 30.3 Å². The molecule has 2 rings (SSSR count). The standard InChI is InChI=1S/C21H26O6/c1-14-10-18(24-3)20(26-5)12-16(14)13-27-21(22)9-7-15-6-8-17(23-2)19(11-15)25-4/h6,8,10-12H,7,9,13H2,1-5H3. The molecule has 2 aromatic rings. The van der Waals surface area contributed by atoms with Crippen LogP contribution < -0.4 is 18.9 Å². The monoisotopic (exact) mass is 374 g/mol. The lowest BCUT2D eigenvalue weighted by Gasteiger charge is -2.13. The fourth-order valence-corrected chi connectivity index (χ4v) is 2.69. The van der Waals surface area contributed by atoms with Gasteiger partial charge in [0.15, 0.2) is 23.0 Å². The number of hydrogen-bond donors (Lipinski definition) is 0. The summed E-state index contributed by atoms with van der Waals surface area (Å²) in [6.45, 7) is 2.13. The number of esters is 1. The maximum atomic E-state index is 12.1. The van der Waals surface area contributed by atoms with Crippen molar-refractivity contribution in [3.05, 3.63) is 47.0 Å². The maximum Gasteiger partial charge on any atom is 0.306 e. The molecular formula is C21H26O6. The van der Waals surface area contributed by atoms with Crippen molar-refractivity contribution < 1.29 is 28.5 Å². The molecule has 0 aliphatic heterocycles. The Morgan fingerprint density at radius 2 is 1.41 bits per heavy atom. The summed E-state index contributed by atoms with van der Waals surface area (Å²) in [6.07, 6.45) is 0.839. The van der Waals surface area contributed by atoms with Crippen LogP contribution in [-0.4, -0.2) is 34.4 Å². The molecule has 27 heavy (non-hydrogen) atoms. The zero-order chi connectivity index (χ0) is 19.8. The number of ether oxygens (including phenoxy) is 5. The molecule has 0 saturated heterocycles. The Hall–Kier alpha value is -2.89. The van der Waals surface area contributed by atoms with Crippen LogP contribution in [-0.2, 0) is 22.6 Å². The van der Waals surface area contributed by atoms with E-state index in [0.29, 0.717) is 29.4 Å². The Kier molecular flexibility index (Phi) is 7.34. The van der Waals surface area contributed by atoms with E-state index in [1.807, 2.05) is 37.3 Å². The summed E-state index contributed by atoms with van der Waals surface area (Å²) in [5.74, 6) is 2.30. The molecule has 0 fully saturated rings. The van der Waals surface area contributed by atoms with Gasteiger partial charge in [-0.05, 0) is 54.3 Å². The first-order chi connectivity index (χ1) is 13.0. The first-order valence-corrected chi connectivity index (χ1v) is 8.60. The van der Waals surface area contributed by atoms with Gasteiger partial charge in [0.1, 0.15) is 6.61 Å². The average Bonchev–Trinajstić information content (AvgIpc) is 2.70. The molecule has 0 radical (unpaired) electrons. The SMILES string of the molecule is COc1ccc(CCC(=O)OCc2cc(OC)c(OC)cc2C)cc1OC. The fraction of sp³-hybridized carbons (Fsp3) is 0.381. The summed E-state index contributed by atoms with van der Waals surface area (Å²) in [5.41, 5.74) is 2.83. The molecule has 0 atom stereocenters. The second-order valence-electron chi connectivity index (χ2n) is 5.98. The molecule has 0 heterocycles. The van der Waals surface area contributed by atoms with E-state index in [9.17, 15) is 4.79 Å². The van der Waals surface area contributed by atoms with Crippen LogP contribution in [0.5, 0.6) is 23.0 Å². The third-order valence-electron chi connectivity index (χ3n) is 4.30. The Morgan fingerprint density at radius 1 is 0.815 bits per heavy atom. The Balaban J connectivity index is 1.93. The number of carbonyl (C=O) groups is 1. The normalized spacial score (nSPS) is 10.3. The van der Waals surface area contributed by atoms with E-state index in [1.165, 1.54) is 0 Å². The highest BCUT2D eigenvalue weighted by atomic mass is 16.5. The van der Waals surface area contributed by atoms with Gasteiger partial charge in [-0.1, -0.05) is 6.07 Å². The van der Waals surface area contributed by atoms with E-state index >= 15 is 0 Å². The second kappa shape index (κ2) is 9.71. The zero-order valence-corrected chi connectivity index (χ0v) is 16.5. The van der Waals surface area contributed by atoms with Crippen molar-refractivity contribution in [2.75, 3.05) is 28.4 Å². The van der Waals surface area contributed by atoms with Gasteiger partial charge >= 0.3 is 5.97 Å². The number of methoxy groups -OCH3 is 4. The summed E-state index contributed by atoms with van der Waals surface area (Å²) in [6, 6.07) is 9.30. The predicted octanol–water partition coefficient (Wildman–Crippen LogP) is 3.71. The third-order valence-corrected chi connectivity index (χ3v) is 4.30. The molecular weight excluding hydrogens is 348 g/mol. The van der Waals surface area contributed by atoms with Crippen LogP contribution in [0.3, 0.4) is 0 Å². The molecule has 0 aromatic heterocycles. The van der Waals surface area contributed by atoms with E-state index < -0.39 is 0 Å². The molecule has 146 valence electrons. The van der Waals surface area contributed by atoms with Gasteiger partial charge in [-0.15, -0.1) is 0 Å². The highest BCUT2D eigenvalue weighted by Crippen LogP contribution is 2.31. The topological polar surface area (TPSA) is 63.2 Å². The summed E-state index contributed by atoms with van der Waals surface area (Å²) in [5, 5.41) is 0. The first kappa shape index (κ1) is 20.4. The molecule has 0 aliphatic carbocycles. The number of rotatable bonds is 9. The lowest BCUT2D eigenvalue weighted by atomic mass is 10.1. The molecule has 0 amide bonds. The minimum Gasteiger partial charge on any atom is -0.493 e. The van der Waals surface area contributed by atoms with E-state index in [4.69, 9.17) is 23.7 Å². The van der Waals surface area contributed by atoms with Crippen molar-refractivity contribution in [1.82, 2.24) is 0 Å². The highest BCUT2D eigenvalue weighted by molar-refractivity contribution is 5.70. The number of benzene rings is 2. The molecule has 6 heteroatoms. The van der Waals surface area contributed by atoms with Gasteiger partial charge in [-0.25, -0.2) is 0 Å². The molecule has 0 saturated carbocycles. The first-order valence-electron chi connectivity index (χ1n) is 8.60. The van der Waals surface area contributed by atoms with Gasteiger partial charge in [0, 0.05) is 6.42 Å². The molecule has 2 aromatic carbocycles. The molecule has 6 nitrogen and oxygen atoms in total. The highest BCUT2D eigenvalue weighted by Gasteiger charge is 2.12. The Labute approximate surface area is 160 Å². The maximum absolute atomic E-state index is 12.1. The van der Waals surface area contributed by atoms with Crippen molar-refractivity contribution in [2.45, 2.75) is 26.4 Å². The largest absolute Gasteiger partial charge is 0.493 e. The molecule has 0 unspecified atom stereocenters. The Morgan fingerprint density at radius 3 is 2.04 bits per heavy atom. The van der Waals surface area contributed by atoms with E-state index in [1.54, 1.807) is 28.4 Å². The number of aryl methyl sites for hydroxylation is 2. The minimum absolute atomic E-state index is 0.191.